The fraction of sp³-hybridized carbons (Fsp3) is 0.333. The van der Waals surface area contributed by atoms with Crippen LogP contribution in [0.15, 0.2) is 36.4 Å². The van der Waals surface area contributed by atoms with E-state index in [1.807, 2.05) is 50.2 Å². The van der Waals surface area contributed by atoms with Crippen molar-refractivity contribution in [2.75, 3.05) is 11.5 Å². The highest BCUT2D eigenvalue weighted by Crippen LogP contribution is 2.27. The van der Waals surface area contributed by atoms with E-state index in [0.717, 1.165) is 35.4 Å². The van der Waals surface area contributed by atoms with Gasteiger partial charge in [0.05, 0.1) is 5.69 Å². The van der Waals surface area contributed by atoms with Crippen molar-refractivity contribution in [1.29, 1.82) is 0 Å². The highest BCUT2D eigenvalue weighted by Gasteiger charge is 2.14. The van der Waals surface area contributed by atoms with E-state index < -0.39 is 0 Å². The molecule has 0 saturated heterocycles. The van der Waals surface area contributed by atoms with Gasteiger partial charge in [-0.2, -0.15) is 0 Å². The van der Waals surface area contributed by atoms with Crippen LogP contribution in [0, 0.1) is 13.8 Å². The van der Waals surface area contributed by atoms with Crippen molar-refractivity contribution in [2.24, 2.45) is 0 Å². The third kappa shape index (κ3) is 3.85. The summed E-state index contributed by atoms with van der Waals surface area (Å²) in [5.74, 6) is 1.40. The molecule has 4 N–H and O–H groups in total. The van der Waals surface area contributed by atoms with Crippen molar-refractivity contribution in [1.82, 2.24) is 0 Å². The summed E-state index contributed by atoms with van der Waals surface area (Å²) in [6.45, 7) is 6.01. The van der Waals surface area contributed by atoms with Crippen LogP contribution in [0.3, 0.4) is 0 Å². The monoisotopic (exact) mass is 300 g/mol. The van der Waals surface area contributed by atoms with Gasteiger partial charge in [-0.3, -0.25) is 0 Å². The zero-order chi connectivity index (χ0) is 16.1. The molecule has 1 unspecified atom stereocenters. The summed E-state index contributed by atoms with van der Waals surface area (Å²) in [5.41, 5.74) is 15.3. The van der Waals surface area contributed by atoms with Gasteiger partial charge in [0.2, 0.25) is 6.29 Å². The van der Waals surface area contributed by atoms with Crippen molar-refractivity contribution in [2.45, 2.75) is 39.9 Å². The number of hydrogen-bond acceptors (Lipinski definition) is 4. The number of hydrogen-bond donors (Lipinski definition) is 2. The van der Waals surface area contributed by atoms with E-state index in [9.17, 15) is 0 Å². The number of nitrogens with two attached hydrogens (primary N) is 2. The van der Waals surface area contributed by atoms with Crippen LogP contribution in [0.5, 0.6) is 11.5 Å². The summed E-state index contributed by atoms with van der Waals surface area (Å²) < 4.78 is 11.9. The van der Waals surface area contributed by atoms with Gasteiger partial charge in [-0.05, 0) is 55.7 Å². The number of nitrogen functional groups attached to an aromatic ring is 2. The van der Waals surface area contributed by atoms with Gasteiger partial charge in [-0.1, -0.05) is 19.1 Å². The lowest BCUT2D eigenvalue weighted by Crippen LogP contribution is -2.24. The molecule has 4 nitrogen and oxygen atoms in total. The Morgan fingerprint density at radius 3 is 2.45 bits per heavy atom. The lowest BCUT2D eigenvalue weighted by Gasteiger charge is -2.22. The van der Waals surface area contributed by atoms with Crippen molar-refractivity contribution in [3.05, 3.63) is 47.5 Å². The Balaban J connectivity index is 2.15. The molecule has 4 heteroatoms. The Bertz CT molecular complexity index is 641. The summed E-state index contributed by atoms with van der Waals surface area (Å²) in [6, 6.07) is 11.4. The number of para-hydroxylation sites is 1. The van der Waals surface area contributed by atoms with Gasteiger partial charge in [-0.25, -0.2) is 0 Å². The van der Waals surface area contributed by atoms with Crippen LogP contribution in [0.25, 0.3) is 0 Å². The molecule has 0 heterocycles. The third-order valence-corrected chi connectivity index (χ3v) is 3.58. The Kier molecular flexibility index (Phi) is 5.15. The number of aryl methyl sites for hydroxylation is 2. The zero-order valence-electron chi connectivity index (χ0n) is 13.4. The molecule has 0 saturated carbocycles. The second-order valence-corrected chi connectivity index (χ2v) is 5.46. The van der Waals surface area contributed by atoms with E-state index in [0.29, 0.717) is 11.4 Å². The van der Waals surface area contributed by atoms with E-state index in [1.54, 1.807) is 0 Å². The molecule has 0 amide bonds. The molecular weight excluding hydrogens is 276 g/mol. The molecule has 0 aromatic heterocycles. The molecule has 118 valence electrons. The van der Waals surface area contributed by atoms with Crippen LogP contribution in [0.1, 0.15) is 30.9 Å². The minimum Gasteiger partial charge on any atom is -0.455 e. The normalized spacial score (nSPS) is 12.0. The SMILES string of the molecule is CCCC(Oc1ccc(N)c(C)c1)Oc1cccc(C)c1N. The Labute approximate surface area is 132 Å². The number of benzene rings is 2. The lowest BCUT2D eigenvalue weighted by atomic mass is 10.2. The molecule has 0 aliphatic rings. The van der Waals surface area contributed by atoms with E-state index in [-0.39, 0.29) is 6.29 Å². The minimum atomic E-state index is -0.378. The van der Waals surface area contributed by atoms with Crippen LogP contribution in [0.4, 0.5) is 11.4 Å². The maximum absolute atomic E-state index is 6.07. The smallest absolute Gasteiger partial charge is 0.241 e. The zero-order valence-corrected chi connectivity index (χ0v) is 13.4. The van der Waals surface area contributed by atoms with Crippen LogP contribution in [-0.2, 0) is 0 Å². The highest BCUT2D eigenvalue weighted by atomic mass is 16.7. The predicted molar refractivity (Wildman–Crippen MR) is 91.1 cm³/mol. The minimum absolute atomic E-state index is 0.378. The van der Waals surface area contributed by atoms with Crippen molar-refractivity contribution < 1.29 is 9.47 Å². The molecule has 0 spiro atoms. The number of rotatable bonds is 6. The molecule has 0 radical (unpaired) electrons. The molecule has 0 aliphatic heterocycles. The number of ether oxygens (including phenoxy) is 2. The van der Waals surface area contributed by atoms with Gasteiger partial charge >= 0.3 is 0 Å². The Hall–Kier alpha value is -2.36. The predicted octanol–water partition coefficient (Wildman–Crippen LogP) is 4.05. The largest absolute Gasteiger partial charge is 0.455 e. The Morgan fingerprint density at radius 1 is 1.00 bits per heavy atom. The first-order valence-corrected chi connectivity index (χ1v) is 7.55. The van der Waals surface area contributed by atoms with Crippen molar-refractivity contribution in [3.8, 4) is 11.5 Å². The average molecular weight is 300 g/mol. The van der Waals surface area contributed by atoms with E-state index in [4.69, 9.17) is 20.9 Å². The van der Waals surface area contributed by atoms with E-state index in [1.165, 1.54) is 0 Å². The van der Waals surface area contributed by atoms with Crippen LogP contribution in [-0.4, -0.2) is 6.29 Å². The molecule has 22 heavy (non-hydrogen) atoms. The first-order chi connectivity index (χ1) is 10.5. The summed E-state index contributed by atoms with van der Waals surface area (Å²) in [5, 5.41) is 0. The van der Waals surface area contributed by atoms with E-state index in [2.05, 4.69) is 6.92 Å². The lowest BCUT2D eigenvalue weighted by molar-refractivity contribution is -0.000519. The van der Waals surface area contributed by atoms with Gasteiger partial charge in [0.15, 0.2) is 0 Å². The topological polar surface area (TPSA) is 70.5 Å². The van der Waals surface area contributed by atoms with Crippen LogP contribution >= 0.6 is 0 Å². The first-order valence-electron chi connectivity index (χ1n) is 7.55. The molecule has 2 aromatic rings. The Morgan fingerprint density at radius 2 is 1.77 bits per heavy atom. The van der Waals surface area contributed by atoms with Gasteiger partial charge in [0.25, 0.3) is 0 Å². The van der Waals surface area contributed by atoms with Gasteiger partial charge in [-0.15, -0.1) is 0 Å². The molecule has 1 atom stereocenters. The highest BCUT2D eigenvalue weighted by molar-refractivity contribution is 5.57. The van der Waals surface area contributed by atoms with E-state index >= 15 is 0 Å². The molecule has 0 aliphatic carbocycles. The molecular formula is C18H24N2O2. The molecule has 0 bridgehead atoms. The summed E-state index contributed by atoms with van der Waals surface area (Å²) >= 11 is 0. The molecule has 0 fully saturated rings. The maximum atomic E-state index is 6.07. The van der Waals surface area contributed by atoms with Crippen LogP contribution in [0.2, 0.25) is 0 Å². The maximum Gasteiger partial charge on any atom is 0.241 e. The third-order valence-electron chi connectivity index (χ3n) is 3.58. The number of anilines is 2. The van der Waals surface area contributed by atoms with Crippen molar-refractivity contribution in [3.63, 3.8) is 0 Å². The molecule has 2 rings (SSSR count). The first kappa shape index (κ1) is 16.0. The summed E-state index contributed by atoms with van der Waals surface area (Å²) in [6.07, 6.45) is 1.35. The van der Waals surface area contributed by atoms with Crippen molar-refractivity contribution >= 4 is 11.4 Å². The average Bonchev–Trinajstić information content (AvgIpc) is 2.48. The quantitative estimate of drug-likeness (QED) is 0.623. The summed E-state index contributed by atoms with van der Waals surface area (Å²) in [7, 11) is 0. The second kappa shape index (κ2) is 7.07. The van der Waals surface area contributed by atoms with Gasteiger partial charge in [0.1, 0.15) is 11.5 Å². The fourth-order valence-electron chi connectivity index (χ4n) is 2.15. The second-order valence-electron chi connectivity index (χ2n) is 5.46. The summed E-state index contributed by atoms with van der Waals surface area (Å²) in [4.78, 5) is 0. The fourth-order valence-corrected chi connectivity index (χ4v) is 2.15. The van der Waals surface area contributed by atoms with Gasteiger partial charge < -0.3 is 20.9 Å². The van der Waals surface area contributed by atoms with Crippen LogP contribution < -0.4 is 20.9 Å². The molecule has 2 aromatic carbocycles. The standard InChI is InChI=1S/C18H24N2O2/c1-4-6-17(21-14-9-10-15(19)13(3)11-14)22-16-8-5-7-12(2)18(16)20/h5,7-11,17H,4,6,19-20H2,1-3H3. The van der Waals surface area contributed by atoms with Gasteiger partial charge in [0, 0.05) is 12.1 Å².